The average Bonchev–Trinajstić information content (AvgIpc) is 2.42. The number of rotatable bonds is 8. The lowest BCUT2D eigenvalue weighted by Crippen LogP contribution is -2.22. The highest BCUT2D eigenvalue weighted by Crippen LogP contribution is 2.22. The standard InChI is InChI=1S/C17H29NO2/c1-12(2)14(5)20-11-16-9-15(10-18-13(3)4)7-8-17(16)19-6/h7-9,12-14,18H,10-11H2,1-6H3. The van der Waals surface area contributed by atoms with Crippen LogP contribution >= 0.6 is 0 Å². The Morgan fingerprint density at radius 3 is 2.35 bits per heavy atom. The molecule has 3 heteroatoms. The molecular formula is C17H29NO2. The van der Waals surface area contributed by atoms with E-state index in [1.165, 1.54) is 5.56 Å². The van der Waals surface area contributed by atoms with Gasteiger partial charge >= 0.3 is 0 Å². The topological polar surface area (TPSA) is 30.5 Å². The Kier molecular flexibility index (Phi) is 7.03. The lowest BCUT2D eigenvalue weighted by Gasteiger charge is -2.18. The highest BCUT2D eigenvalue weighted by molar-refractivity contribution is 5.36. The smallest absolute Gasteiger partial charge is 0.124 e. The summed E-state index contributed by atoms with van der Waals surface area (Å²) in [7, 11) is 1.71. The number of nitrogens with one attached hydrogen (secondary N) is 1. The van der Waals surface area contributed by atoms with Crippen LogP contribution in [0.3, 0.4) is 0 Å². The Hall–Kier alpha value is -1.06. The summed E-state index contributed by atoms with van der Waals surface area (Å²) in [5.41, 5.74) is 2.37. The maximum Gasteiger partial charge on any atom is 0.124 e. The summed E-state index contributed by atoms with van der Waals surface area (Å²) in [5, 5.41) is 3.43. The summed E-state index contributed by atoms with van der Waals surface area (Å²) in [5.74, 6) is 1.42. The predicted molar refractivity (Wildman–Crippen MR) is 84.1 cm³/mol. The first-order valence-electron chi connectivity index (χ1n) is 7.44. The second-order valence-corrected chi connectivity index (χ2v) is 5.94. The molecule has 0 saturated heterocycles. The molecule has 1 unspecified atom stereocenters. The fourth-order valence-electron chi connectivity index (χ4n) is 1.79. The number of hydrogen-bond acceptors (Lipinski definition) is 3. The van der Waals surface area contributed by atoms with Gasteiger partial charge < -0.3 is 14.8 Å². The van der Waals surface area contributed by atoms with E-state index in [1.54, 1.807) is 7.11 Å². The second-order valence-electron chi connectivity index (χ2n) is 5.94. The van der Waals surface area contributed by atoms with Crippen LogP contribution in [0.25, 0.3) is 0 Å². The molecule has 1 rings (SSSR count). The van der Waals surface area contributed by atoms with Gasteiger partial charge in [0, 0.05) is 18.2 Å². The van der Waals surface area contributed by atoms with Crippen molar-refractivity contribution in [2.45, 2.75) is 59.9 Å². The van der Waals surface area contributed by atoms with Crippen LogP contribution in [0.4, 0.5) is 0 Å². The minimum Gasteiger partial charge on any atom is -0.496 e. The number of methoxy groups -OCH3 is 1. The molecule has 0 aliphatic carbocycles. The van der Waals surface area contributed by atoms with Crippen molar-refractivity contribution in [3.8, 4) is 5.75 Å². The van der Waals surface area contributed by atoms with Crippen LogP contribution in [-0.4, -0.2) is 19.3 Å². The molecule has 0 aromatic heterocycles. The molecule has 3 nitrogen and oxygen atoms in total. The molecule has 0 fully saturated rings. The van der Waals surface area contributed by atoms with Crippen molar-refractivity contribution in [1.29, 1.82) is 0 Å². The molecule has 0 spiro atoms. The fourth-order valence-corrected chi connectivity index (χ4v) is 1.79. The van der Waals surface area contributed by atoms with Gasteiger partial charge in [0.25, 0.3) is 0 Å². The summed E-state index contributed by atoms with van der Waals surface area (Å²) < 4.78 is 11.3. The minimum absolute atomic E-state index is 0.247. The fraction of sp³-hybridized carbons (Fsp3) is 0.647. The quantitative estimate of drug-likeness (QED) is 0.786. The van der Waals surface area contributed by atoms with Gasteiger partial charge in [-0.05, 0) is 30.5 Å². The Bertz CT molecular complexity index is 402. The van der Waals surface area contributed by atoms with E-state index in [0.29, 0.717) is 18.6 Å². The molecule has 0 amide bonds. The van der Waals surface area contributed by atoms with E-state index in [-0.39, 0.29) is 6.10 Å². The molecule has 0 aliphatic heterocycles. The zero-order chi connectivity index (χ0) is 15.1. The summed E-state index contributed by atoms with van der Waals surface area (Å²) in [6.07, 6.45) is 0.247. The molecule has 1 aromatic rings. The van der Waals surface area contributed by atoms with Crippen LogP contribution in [0.2, 0.25) is 0 Å². The first-order chi connectivity index (χ1) is 9.43. The first-order valence-corrected chi connectivity index (χ1v) is 7.44. The number of ether oxygens (including phenoxy) is 2. The monoisotopic (exact) mass is 279 g/mol. The van der Waals surface area contributed by atoms with Crippen molar-refractivity contribution in [3.63, 3.8) is 0 Å². The van der Waals surface area contributed by atoms with E-state index in [9.17, 15) is 0 Å². The third-order valence-corrected chi connectivity index (χ3v) is 3.50. The van der Waals surface area contributed by atoms with Crippen LogP contribution in [0, 0.1) is 5.92 Å². The van der Waals surface area contributed by atoms with E-state index < -0.39 is 0 Å². The molecule has 20 heavy (non-hydrogen) atoms. The van der Waals surface area contributed by atoms with Crippen LogP contribution in [-0.2, 0) is 17.9 Å². The van der Waals surface area contributed by atoms with E-state index >= 15 is 0 Å². The van der Waals surface area contributed by atoms with Crippen molar-refractivity contribution < 1.29 is 9.47 Å². The third-order valence-electron chi connectivity index (χ3n) is 3.50. The van der Waals surface area contributed by atoms with Gasteiger partial charge in [0.05, 0.1) is 19.8 Å². The van der Waals surface area contributed by atoms with Crippen LogP contribution < -0.4 is 10.1 Å². The molecule has 114 valence electrons. The van der Waals surface area contributed by atoms with E-state index in [4.69, 9.17) is 9.47 Å². The maximum atomic E-state index is 5.91. The molecule has 1 N–H and O–H groups in total. The van der Waals surface area contributed by atoms with Crippen molar-refractivity contribution in [2.75, 3.05) is 7.11 Å². The highest BCUT2D eigenvalue weighted by atomic mass is 16.5. The van der Waals surface area contributed by atoms with Crippen LogP contribution in [0.1, 0.15) is 45.7 Å². The predicted octanol–water partition coefficient (Wildman–Crippen LogP) is 3.75. The van der Waals surface area contributed by atoms with Gasteiger partial charge in [-0.2, -0.15) is 0 Å². The van der Waals surface area contributed by atoms with Gasteiger partial charge in [-0.1, -0.05) is 33.8 Å². The zero-order valence-corrected chi connectivity index (χ0v) is 13.7. The summed E-state index contributed by atoms with van der Waals surface area (Å²) in [4.78, 5) is 0. The van der Waals surface area contributed by atoms with Crippen molar-refractivity contribution in [1.82, 2.24) is 5.32 Å². The normalized spacial score (nSPS) is 13.0. The third kappa shape index (κ3) is 5.51. The number of benzene rings is 1. The van der Waals surface area contributed by atoms with E-state index in [2.05, 4.69) is 52.1 Å². The van der Waals surface area contributed by atoms with Crippen LogP contribution in [0.5, 0.6) is 5.75 Å². The summed E-state index contributed by atoms with van der Waals surface area (Å²) in [6.45, 7) is 12.2. The largest absolute Gasteiger partial charge is 0.496 e. The molecule has 0 bridgehead atoms. The molecule has 0 heterocycles. The Labute approximate surface area is 123 Å². The van der Waals surface area contributed by atoms with Crippen molar-refractivity contribution in [2.24, 2.45) is 5.92 Å². The van der Waals surface area contributed by atoms with Crippen LogP contribution in [0.15, 0.2) is 18.2 Å². The molecular weight excluding hydrogens is 250 g/mol. The van der Waals surface area contributed by atoms with Crippen molar-refractivity contribution in [3.05, 3.63) is 29.3 Å². The first kappa shape index (κ1) is 17.0. The Morgan fingerprint density at radius 1 is 1.10 bits per heavy atom. The lowest BCUT2D eigenvalue weighted by atomic mass is 10.1. The summed E-state index contributed by atoms with van der Waals surface area (Å²) >= 11 is 0. The molecule has 0 aliphatic rings. The average molecular weight is 279 g/mol. The second kappa shape index (κ2) is 8.28. The minimum atomic E-state index is 0.247. The van der Waals surface area contributed by atoms with Gasteiger partial charge in [-0.3, -0.25) is 0 Å². The Morgan fingerprint density at radius 2 is 1.80 bits per heavy atom. The summed E-state index contributed by atoms with van der Waals surface area (Å²) in [6, 6.07) is 6.78. The lowest BCUT2D eigenvalue weighted by molar-refractivity contribution is 0.0226. The molecule has 1 atom stereocenters. The number of hydrogen-bond donors (Lipinski definition) is 1. The van der Waals surface area contributed by atoms with Gasteiger partial charge in [0.15, 0.2) is 0 Å². The van der Waals surface area contributed by atoms with E-state index in [1.807, 2.05) is 6.07 Å². The zero-order valence-electron chi connectivity index (χ0n) is 13.7. The van der Waals surface area contributed by atoms with Gasteiger partial charge in [-0.15, -0.1) is 0 Å². The maximum absolute atomic E-state index is 5.91. The van der Waals surface area contributed by atoms with Crippen molar-refractivity contribution >= 4 is 0 Å². The van der Waals surface area contributed by atoms with Gasteiger partial charge in [0.1, 0.15) is 5.75 Å². The molecule has 0 radical (unpaired) electrons. The van der Waals surface area contributed by atoms with Gasteiger partial charge in [-0.25, -0.2) is 0 Å². The SMILES string of the molecule is COc1ccc(CNC(C)C)cc1COC(C)C(C)C. The molecule has 0 saturated carbocycles. The van der Waals surface area contributed by atoms with Gasteiger partial charge in [0.2, 0.25) is 0 Å². The van der Waals surface area contributed by atoms with E-state index in [0.717, 1.165) is 17.9 Å². The Balaban J connectivity index is 2.73. The molecule has 1 aromatic carbocycles. The highest BCUT2D eigenvalue weighted by Gasteiger charge is 2.10.